The molecule has 0 aromatic heterocycles. The number of methoxy groups -OCH3 is 2. The third kappa shape index (κ3) is 4.57. The predicted molar refractivity (Wildman–Crippen MR) is 91.8 cm³/mol. The number of hydrogen-bond acceptors (Lipinski definition) is 4. The topological polar surface area (TPSA) is 42.8 Å². The third-order valence-corrected chi connectivity index (χ3v) is 3.77. The Hall–Kier alpha value is -2.41. The fraction of sp³-hybridized carbons (Fsp3) is 0.235. The average Bonchev–Trinajstić information content (AvgIpc) is 2.59. The summed E-state index contributed by atoms with van der Waals surface area (Å²) in [6, 6.07) is 8.15. The lowest BCUT2D eigenvalue weighted by molar-refractivity contribution is -0.137. The summed E-state index contributed by atoms with van der Waals surface area (Å²) in [7, 11) is 3.04. The van der Waals surface area contributed by atoms with Crippen LogP contribution < -0.4 is 14.9 Å². The molecule has 0 radical (unpaired) electrons. The Balaban J connectivity index is 2.30. The monoisotopic (exact) mass is 372 g/mol. The van der Waals surface area contributed by atoms with Gasteiger partial charge in [-0.1, -0.05) is 11.6 Å². The van der Waals surface area contributed by atoms with Crippen molar-refractivity contribution in [3.8, 4) is 11.5 Å². The van der Waals surface area contributed by atoms with Gasteiger partial charge in [0.05, 0.1) is 36.2 Å². The van der Waals surface area contributed by atoms with Crippen LogP contribution in [0.3, 0.4) is 0 Å². The first-order valence-electron chi connectivity index (χ1n) is 7.15. The molecule has 0 amide bonds. The minimum atomic E-state index is -4.46. The molecule has 2 rings (SSSR count). The molecular formula is C17H16ClF3N2O2. The van der Waals surface area contributed by atoms with E-state index in [1.165, 1.54) is 20.3 Å². The Bertz CT molecular complexity index is 792. The van der Waals surface area contributed by atoms with Crippen LogP contribution in [0.5, 0.6) is 11.5 Å². The number of alkyl halides is 3. The van der Waals surface area contributed by atoms with Crippen molar-refractivity contribution in [2.24, 2.45) is 5.10 Å². The summed E-state index contributed by atoms with van der Waals surface area (Å²) in [6.45, 7) is 1.69. The number of hydrazone groups is 1. The van der Waals surface area contributed by atoms with E-state index in [2.05, 4.69) is 10.5 Å². The quantitative estimate of drug-likeness (QED) is 0.578. The van der Waals surface area contributed by atoms with Gasteiger partial charge in [0, 0.05) is 11.6 Å². The van der Waals surface area contributed by atoms with Gasteiger partial charge >= 0.3 is 6.18 Å². The van der Waals surface area contributed by atoms with E-state index in [4.69, 9.17) is 21.1 Å². The highest BCUT2D eigenvalue weighted by atomic mass is 35.5. The van der Waals surface area contributed by atoms with Crippen LogP contribution in [0.1, 0.15) is 18.1 Å². The second-order valence-electron chi connectivity index (χ2n) is 5.07. The molecule has 2 aromatic rings. The number of ether oxygens (including phenoxy) is 2. The fourth-order valence-electron chi connectivity index (χ4n) is 2.09. The lowest BCUT2D eigenvalue weighted by atomic mass is 10.1. The van der Waals surface area contributed by atoms with E-state index in [1.807, 2.05) is 0 Å². The van der Waals surface area contributed by atoms with Crippen LogP contribution in [0, 0.1) is 0 Å². The van der Waals surface area contributed by atoms with Crippen LogP contribution in [-0.4, -0.2) is 19.9 Å². The maximum absolute atomic E-state index is 12.8. The molecule has 0 heterocycles. The Morgan fingerprint density at radius 2 is 1.80 bits per heavy atom. The summed E-state index contributed by atoms with van der Waals surface area (Å²) in [6.07, 6.45) is -4.46. The molecule has 25 heavy (non-hydrogen) atoms. The highest BCUT2D eigenvalue weighted by molar-refractivity contribution is 6.33. The SMILES string of the molecule is COc1ccc(/C(C)=N\Nc2cc(C(F)(F)F)ccc2Cl)c(OC)c1. The van der Waals surface area contributed by atoms with Crippen molar-refractivity contribution in [3.05, 3.63) is 52.5 Å². The molecule has 0 saturated carbocycles. The zero-order valence-corrected chi connectivity index (χ0v) is 14.5. The second-order valence-corrected chi connectivity index (χ2v) is 5.47. The number of anilines is 1. The lowest BCUT2D eigenvalue weighted by Crippen LogP contribution is -2.06. The molecule has 134 valence electrons. The van der Waals surface area contributed by atoms with Gasteiger partial charge in [0.25, 0.3) is 0 Å². The zero-order chi connectivity index (χ0) is 18.6. The van der Waals surface area contributed by atoms with E-state index >= 15 is 0 Å². The molecule has 1 N–H and O–H groups in total. The number of halogens is 4. The number of rotatable bonds is 5. The maximum atomic E-state index is 12.8. The van der Waals surface area contributed by atoms with Crippen molar-refractivity contribution in [1.29, 1.82) is 0 Å². The molecule has 0 aliphatic heterocycles. The first-order chi connectivity index (χ1) is 11.8. The van der Waals surface area contributed by atoms with Gasteiger partial charge in [-0.15, -0.1) is 0 Å². The summed E-state index contributed by atoms with van der Waals surface area (Å²) in [5.74, 6) is 1.14. The van der Waals surface area contributed by atoms with Crippen LogP contribution in [0.2, 0.25) is 5.02 Å². The molecule has 0 unspecified atom stereocenters. The van der Waals surface area contributed by atoms with Gasteiger partial charge in [-0.2, -0.15) is 18.3 Å². The first kappa shape index (κ1) is 18.9. The minimum Gasteiger partial charge on any atom is -0.497 e. The standard InChI is InChI=1S/C17H16ClF3N2O2/c1-10(13-6-5-12(24-2)9-16(13)25-3)22-23-15-8-11(17(19,20)21)4-7-14(15)18/h4-9,23H,1-3H3/b22-10-. The van der Waals surface area contributed by atoms with Crippen LogP contribution in [0.4, 0.5) is 18.9 Å². The van der Waals surface area contributed by atoms with E-state index in [9.17, 15) is 13.2 Å². The molecule has 0 aliphatic rings. The minimum absolute atomic E-state index is 0.0586. The first-order valence-corrected chi connectivity index (χ1v) is 7.53. The summed E-state index contributed by atoms with van der Waals surface area (Å²) in [5.41, 5.74) is 2.99. The summed E-state index contributed by atoms with van der Waals surface area (Å²) in [4.78, 5) is 0. The van der Waals surface area contributed by atoms with Crippen molar-refractivity contribution in [2.75, 3.05) is 19.6 Å². The highest BCUT2D eigenvalue weighted by Crippen LogP contribution is 2.34. The van der Waals surface area contributed by atoms with Gasteiger partial charge < -0.3 is 9.47 Å². The van der Waals surface area contributed by atoms with E-state index < -0.39 is 11.7 Å². The predicted octanol–water partition coefficient (Wildman–Crippen LogP) is 5.21. The Morgan fingerprint density at radius 1 is 1.08 bits per heavy atom. The van der Waals surface area contributed by atoms with Gasteiger partial charge in [-0.3, -0.25) is 5.43 Å². The number of nitrogens with zero attached hydrogens (tertiary/aromatic N) is 1. The molecule has 0 bridgehead atoms. The zero-order valence-electron chi connectivity index (χ0n) is 13.7. The fourth-order valence-corrected chi connectivity index (χ4v) is 2.25. The Morgan fingerprint density at radius 3 is 2.40 bits per heavy atom. The Kier molecular flexibility index (Phi) is 5.79. The van der Waals surface area contributed by atoms with Gasteiger partial charge in [0.2, 0.25) is 0 Å². The molecule has 0 saturated heterocycles. The Labute approximate surface area is 148 Å². The molecule has 0 atom stereocenters. The number of nitrogens with one attached hydrogen (secondary N) is 1. The van der Waals surface area contributed by atoms with Crippen molar-refractivity contribution in [2.45, 2.75) is 13.1 Å². The number of benzene rings is 2. The molecule has 4 nitrogen and oxygen atoms in total. The molecule has 0 spiro atoms. The van der Waals surface area contributed by atoms with E-state index in [-0.39, 0.29) is 10.7 Å². The maximum Gasteiger partial charge on any atom is 0.416 e. The summed E-state index contributed by atoms with van der Waals surface area (Å²) >= 11 is 5.93. The third-order valence-electron chi connectivity index (χ3n) is 3.44. The van der Waals surface area contributed by atoms with Crippen LogP contribution in [0.15, 0.2) is 41.5 Å². The van der Waals surface area contributed by atoms with Crippen LogP contribution in [0.25, 0.3) is 0 Å². The largest absolute Gasteiger partial charge is 0.497 e. The van der Waals surface area contributed by atoms with Gasteiger partial charge in [0.1, 0.15) is 11.5 Å². The molecule has 0 fully saturated rings. The molecule has 2 aromatic carbocycles. The van der Waals surface area contributed by atoms with Crippen molar-refractivity contribution < 1.29 is 22.6 Å². The summed E-state index contributed by atoms with van der Waals surface area (Å²) in [5, 5.41) is 4.24. The smallest absolute Gasteiger partial charge is 0.416 e. The normalized spacial score (nSPS) is 12.0. The van der Waals surface area contributed by atoms with E-state index in [0.717, 1.165) is 12.1 Å². The molecule has 8 heteroatoms. The lowest BCUT2D eigenvalue weighted by Gasteiger charge is -2.12. The van der Waals surface area contributed by atoms with Gasteiger partial charge in [0.15, 0.2) is 0 Å². The van der Waals surface area contributed by atoms with Crippen molar-refractivity contribution in [3.63, 3.8) is 0 Å². The van der Waals surface area contributed by atoms with Crippen molar-refractivity contribution >= 4 is 23.0 Å². The van der Waals surface area contributed by atoms with E-state index in [0.29, 0.717) is 22.8 Å². The number of hydrogen-bond donors (Lipinski definition) is 1. The average molecular weight is 373 g/mol. The van der Waals surface area contributed by atoms with Crippen molar-refractivity contribution in [1.82, 2.24) is 0 Å². The summed E-state index contributed by atoms with van der Waals surface area (Å²) < 4.78 is 48.8. The van der Waals surface area contributed by atoms with Gasteiger partial charge in [-0.05, 0) is 37.3 Å². The van der Waals surface area contributed by atoms with E-state index in [1.54, 1.807) is 25.1 Å². The van der Waals surface area contributed by atoms with Crippen LogP contribution in [-0.2, 0) is 6.18 Å². The molecular weight excluding hydrogens is 357 g/mol. The van der Waals surface area contributed by atoms with Gasteiger partial charge in [-0.25, -0.2) is 0 Å². The molecule has 0 aliphatic carbocycles. The highest BCUT2D eigenvalue weighted by Gasteiger charge is 2.30. The second kappa shape index (κ2) is 7.65. The van der Waals surface area contributed by atoms with Crippen LogP contribution >= 0.6 is 11.6 Å².